The Kier molecular flexibility index (Phi) is 7.14. The molecule has 0 bridgehead atoms. The number of rotatable bonds is 7. The van der Waals surface area contributed by atoms with Gasteiger partial charge >= 0.3 is 0 Å². The molecule has 1 heterocycles. The molecule has 130 valence electrons. The smallest absolute Gasteiger partial charge is 0.233 e. The molecule has 1 aromatic heterocycles. The van der Waals surface area contributed by atoms with Crippen LogP contribution in [0.5, 0.6) is 0 Å². The number of carbonyl (C=O) groups is 1. The van der Waals surface area contributed by atoms with E-state index in [2.05, 4.69) is 41.6 Å². The number of anilines is 1. The van der Waals surface area contributed by atoms with Gasteiger partial charge in [-0.3, -0.25) is 4.79 Å². The molecule has 5 nitrogen and oxygen atoms in total. The summed E-state index contributed by atoms with van der Waals surface area (Å²) in [6, 6.07) is 0.331. The molecule has 1 aromatic rings. The summed E-state index contributed by atoms with van der Waals surface area (Å²) < 4.78 is 0.843. The van der Waals surface area contributed by atoms with Crippen molar-refractivity contribution in [3.05, 3.63) is 0 Å². The van der Waals surface area contributed by atoms with E-state index in [1.54, 1.807) is 0 Å². The maximum atomic E-state index is 12.4. The van der Waals surface area contributed by atoms with Crippen LogP contribution in [0.25, 0.3) is 0 Å². The second-order valence-electron chi connectivity index (χ2n) is 6.78. The lowest BCUT2D eigenvalue weighted by atomic mass is 9.86. The van der Waals surface area contributed by atoms with Gasteiger partial charge < -0.3 is 10.6 Å². The SMILES string of the molecule is CC(C)CNc1nnc(SC(C)C(=O)NC2CCCCC2C)s1. The fraction of sp³-hybridized carbons (Fsp3) is 0.812. The van der Waals surface area contributed by atoms with E-state index < -0.39 is 0 Å². The molecule has 1 saturated carbocycles. The zero-order chi connectivity index (χ0) is 16.8. The normalized spacial score (nSPS) is 22.8. The Bertz CT molecular complexity index is 506. The lowest BCUT2D eigenvalue weighted by Crippen LogP contribution is -2.44. The minimum atomic E-state index is -0.143. The van der Waals surface area contributed by atoms with Crippen LogP contribution in [-0.2, 0) is 4.79 Å². The Morgan fingerprint density at radius 1 is 1.30 bits per heavy atom. The molecule has 2 rings (SSSR count). The Labute approximate surface area is 147 Å². The highest BCUT2D eigenvalue weighted by atomic mass is 32.2. The average molecular weight is 357 g/mol. The van der Waals surface area contributed by atoms with Crippen molar-refractivity contribution in [2.24, 2.45) is 11.8 Å². The van der Waals surface area contributed by atoms with Crippen LogP contribution in [0.2, 0.25) is 0 Å². The van der Waals surface area contributed by atoms with Crippen LogP contribution in [0.1, 0.15) is 53.4 Å². The molecule has 3 atom stereocenters. The number of hydrogen-bond acceptors (Lipinski definition) is 6. The van der Waals surface area contributed by atoms with Gasteiger partial charge in [0.05, 0.1) is 5.25 Å². The monoisotopic (exact) mass is 356 g/mol. The van der Waals surface area contributed by atoms with Gasteiger partial charge in [0, 0.05) is 12.6 Å². The van der Waals surface area contributed by atoms with Crippen molar-refractivity contribution in [3.8, 4) is 0 Å². The summed E-state index contributed by atoms with van der Waals surface area (Å²) >= 11 is 3.01. The first kappa shape index (κ1) is 18.5. The molecule has 23 heavy (non-hydrogen) atoms. The van der Waals surface area contributed by atoms with E-state index >= 15 is 0 Å². The van der Waals surface area contributed by atoms with Crippen LogP contribution < -0.4 is 10.6 Å². The van der Waals surface area contributed by atoms with Crippen molar-refractivity contribution in [2.75, 3.05) is 11.9 Å². The van der Waals surface area contributed by atoms with E-state index in [0.29, 0.717) is 17.9 Å². The molecule has 1 aliphatic rings. The number of carbonyl (C=O) groups excluding carboxylic acids is 1. The molecule has 0 spiro atoms. The molecule has 0 saturated heterocycles. The lowest BCUT2D eigenvalue weighted by molar-refractivity contribution is -0.121. The zero-order valence-corrected chi connectivity index (χ0v) is 16.1. The van der Waals surface area contributed by atoms with E-state index in [0.717, 1.165) is 22.4 Å². The lowest BCUT2D eigenvalue weighted by Gasteiger charge is -2.30. The maximum absolute atomic E-state index is 12.4. The highest BCUT2D eigenvalue weighted by Crippen LogP contribution is 2.30. The van der Waals surface area contributed by atoms with Crippen LogP contribution in [0, 0.1) is 11.8 Å². The first-order valence-corrected chi connectivity index (χ1v) is 10.2. The Morgan fingerprint density at radius 3 is 2.74 bits per heavy atom. The quantitative estimate of drug-likeness (QED) is 0.728. The summed E-state index contributed by atoms with van der Waals surface area (Å²) in [4.78, 5) is 12.4. The predicted octanol–water partition coefficient (Wildman–Crippen LogP) is 3.78. The van der Waals surface area contributed by atoms with Crippen LogP contribution in [-0.4, -0.2) is 33.9 Å². The summed E-state index contributed by atoms with van der Waals surface area (Å²) in [5.74, 6) is 1.26. The van der Waals surface area contributed by atoms with Gasteiger partial charge in [0.15, 0.2) is 4.34 Å². The van der Waals surface area contributed by atoms with Gasteiger partial charge in [-0.15, -0.1) is 10.2 Å². The van der Waals surface area contributed by atoms with Crippen molar-refractivity contribution < 1.29 is 4.79 Å². The minimum absolute atomic E-state index is 0.112. The van der Waals surface area contributed by atoms with Crippen molar-refractivity contribution in [3.63, 3.8) is 0 Å². The van der Waals surface area contributed by atoms with Gasteiger partial charge in [-0.2, -0.15) is 0 Å². The number of aromatic nitrogens is 2. The second-order valence-corrected chi connectivity index (χ2v) is 9.35. The van der Waals surface area contributed by atoms with Crippen molar-refractivity contribution in [1.29, 1.82) is 0 Å². The van der Waals surface area contributed by atoms with Gasteiger partial charge in [-0.1, -0.05) is 56.7 Å². The third-order valence-corrected chi connectivity index (χ3v) is 6.22. The summed E-state index contributed by atoms with van der Waals surface area (Å²) in [7, 11) is 0. The molecule has 0 radical (unpaired) electrons. The van der Waals surface area contributed by atoms with Gasteiger partial charge in [-0.25, -0.2) is 0 Å². The molecular formula is C16H28N4OS2. The molecule has 3 unspecified atom stereocenters. The molecular weight excluding hydrogens is 328 g/mol. The van der Waals surface area contributed by atoms with Crippen LogP contribution in [0.3, 0.4) is 0 Å². The Hall–Kier alpha value is -0.820. The van der Waals surface area contributed by atoms with Gasteiger partial charge in [0.1, 0.15) is 0 Å². The highest BCUT2D eigenvalue weighted by Gasteiger charge is 2.25. The third-order valence-electron chi connectivity index (χ3n) is 4.15. The van der Waals surface area contributed by atoms with E-state index in [9.17, 15) is 4.79 Å². The van der Waals surface area contributed by atoms with Gasteiger partial charge in [-0.05, 0) is 31.6 Å². The number of nitrogens with one attached hydrogen (secondary N) is 2. The third kappa shape index (κ3) is 5.95. The summed E-state index contributed by atoms with van der Waals surface area (Å²) in [6.07, 6.45) is 4.83. The van der Waals surface area contributed by atoms with Crippen molar-refractivity contribution in [2.45, 2.75) is 69.0 Å². The van der Waals surface area contributed by atoms with Gasteiger partial charge in [0.2, 0.25) is 11.0 Å². The number of thioether (sulfide) groups is 1. The molecule has 2 N–H and O–H groups in total. The first-order chi connectivity index (χ1) is 11.0. The van der Waals surface area contributed by atoms with Crippen LogP contribution >= 0.6 is 23.1 Å². The Morgan fingerprint density at radius 2 is 2.04 bits per heavy atom. The number of hydrogen-bond donors (Lipinski definition) is 2. The van der Waals surface area contributed by atoms with E-state index in [1.165, 1.54) is 42.4 Å². The largest absolute Gasteiger partial charge is 0.360 e. The summed E-state index contributed by atoms with van der Waals surface area (Å²) in [6.45, 7) is 9.37. The maximum Gasteiger partial charge on any atom is 0.233 e. The molecule has 1 fully saturated rings. The molecule has 1 aliphatic carbocycles. The Balaban J connectivity index is 1.81. The fourth-order valence-corrected chi connectivity index (χ4v) is 4.57. The minimum Gasteiger partial charge on any atom is -0.360 e. The van der Waals surface area contributed by atoms with Gasteiger partial charge in [0.25, 0.3) is 0 Å². The first-order valence-electron chi connectivity index (χ1n) is 8.50. The molecule has 0 aliphatic heterocycles. The highest BCUT2D eigenvalue weighted by molar-refractivity contribution is 8.02. The molecule has 7 heteroatoms. The van der Waals surface area contributed by atoms with Crippen LogP contribution in [0.4, 0.5) is 5.13 Å². The average Bonchev–Trinajstić information content (AvgIpc) is 2.95. The summed E-state index contributed by atoms with van der Waals surface area (Å²) in [5.41, 5.74) is 0. The predicted molar refractivity (Wildman–Crippen MR) is 98.1 cm³/mol. The van der Waals surface area contributed by atoms with E-state index in [4.69, 9.17) is 0 Å². The van der Waals surface area contributed by atoms with Crippen molar-refractivity contribution in [1.82, 2.24) is 15.5 Å². The zero-order valence-electron chi connectivity index (χ0n) is 14.5. The standard InChI is InChI=1S/C16H28N4OS2/c1-10(2)9-17-15-19-20-16(23-15)22-12(4)14(21)18-13-8-6-5-7-11(13)3/h10-13H,5-9H2,1-4H3,(H,17,19)(H,18,21). The fourth-order valence-electron chi connectivity index (χ4n) is 2.66. The molecule has 0 aromatic carbocycles. The molecule has 1 amide bonds. The number of nitrogens with zero attached hydrogens (tertiary/aromatic N) is 2. The topological polar surface area (TPSA) is 66.9 Å². The summed E-state index contributed by atoms with van der Waals surface area (Å²) in [5, 5.41) is 15.5. The van der Waals surface area contributed by atoms with Crippen LogP contribution in [0.15, 0.2) is 4.34 Å². The van der Waals surface area contributed by atoms with E-state index in [-0.39, 0.29) is 11.2 Å². The van der Waals surface area contributed by atoms with Crippen molar-refractivity contribution >= 4 is 34.1 Å². The number of amides is 1. The second kappa shape index (κ2) is 8.87. The van der Waals surface area contributed by atoms with E-state index in [1.807, 2.05) is 6.92 Å².